The van der Waals surface area contributed by atoms with Gasteiger partial charge in [0.25, 0.3) is 0 Å². The quantitative estimate of drug-likeness (QED) is 0.407. The van der Waals surface area contributed by atoms with Crippen molar-refractivity contribution >= 4 is 23.5 Å². The molecule has 0 aliphatic heterocycles. The summed E-state index contributed by atoms with van der Waals surface area (Å²) in [5, 5.41) is 8.41. The van der Waals surface area contributed by atoms with Gasteiger partial charge < -0.3 is 9.84 Å². The van der Waals surface area contributed by atoms with Crippen molar-refractivity contribution in [1.82, 2.24) is 0 Å². The van der Waals surface area contributed by atoms with Gasteiger partial charge in [-0.2, -0.15) is 0 Å². The van der Waals surface area contributed by atoms with E-state index in [2.05, 4.69) is 11.3 Å². The zero-order valence-corrected chi connectivity index (χ0v) is 7.30. The average Bonchev–Trinajstić information content (AvgIpc) is 1.98. The molecule has 1 atom stereocenters. The highest BCUT2D eigenvalue weighted by atomic mass is 35.5. The van der Waals surface area contributed by atoms with Crippen molar-refractivity contribution in [2.45, 2.75) is 13.0 Å². The molecule has 0 aromatic heterocycles. The molecule has 0 aromatic carbocycles. The fraction of sp³-hybridized carbons (Fsp3) is 0.429. The minimum absolute atomic E-state index is 0.145. The van der Waals surface area contributed by atoms with Crippen LogP contribution in [0.3, 0.4) is 0 Å². The lowest BCUT2D eigenvalue weighted by Crippen LogP contribution is -2.28. The Labute approximate surface area is 74.8 Å². The van der Waals surface area contributed by atoms with Crippen LogP contribution in [0.25, 0.3) is 0 Å². The van der Waals surface area contributed by atoms with E-state index >= 15 is 0 Å². The van der Waals surface area contributed by atoms with Crippen molar-refractivity contribution in [2.75, 3.05) is 5.88 Å². The fourth-order valence-electron chi connectivity index (χ4n) is 0.378. The van der Waals surface area contributed by atoms with Gasteiger partial charge in [0, 0.05) is 5.57 Å². The highest BCUT2D eigenvalue weighted by molar-refractivity contribution is 6.19. The summed E-state index contributed by atoms with van der Waals surface area (Å²) in [6.07, 6.45) is -1.30. The van der Waals surface area contributed by atoms with Crippen LogP contribution in [0.4, 0.5) is 0 Å². The topological polar surface area (TPSA) is 63.6 Å². The summed E-state index contributed by atoms with van der Waals surface area (Å²) < 4.78 is 4.45. The smallest absolute Gasteiger partial charge is 0.346 e. The van der Waals surface area contributed by atoms with Crippen molar-refractivity contribution < 1.29 is 19.4 Å². The van der Waals surface area contributed by atoms with Crippen LogP contribution in [0.5, 0.6) is 0 Å². The van der Waals surface area contributed by atoms with Gasteiger partial charge in [-0.25, -0.2) is 9.59 Å². The summed E-state index contributed by atoms with van der Waals surface area (Å²) >= 11 is 5.22. The van der Waals surface area contributed by atoms with E-state index in [-0.39, 0.29) is 11.5 Å². The summed E-state index contributed by atoms with van der Waals surface area (Å²) in [6.45, 7) is 4.72. The monoisotopic (exact) mass is 192 g/mol. The Balaban J connectivity index is 4.12. The zero-order valence-electron chi connectivity index (χ0n) is 6.54. The molecule has 0 aliphatic carbocycles. The van der Waals surface area contributed by atoms with E-state index in [0.717, 1.165) is 0 Å². The van der Waals surface area contributed by atoms with Crippen LogP contribution in [0.2, 0.25) is 0 Å². The summed E-state index contributed by atoms with van der Waals surface area (Å²) in [5.74, 6) is -2.28. The predicted molar refractivity (Wildman–Crippen MR) is 43.0 cm³/mol. The third kappa shape index (κ3) is 3.39. The Hall–Kier alpha value is -1.03. The molecule has 1 unspecified atom stereocenters. The van der Waals surface area contributed by atoms with Crippen LogP contribution in [-0.2, 0) is 14.3 Å². The Morgan fingerprint density at radius 2 is 2.17 bits per heavy atom. The molecule has 0 amide bonds. The van der Waals surface area contributed by atoms with Crippen LogP contribution >= 0.6 is 11.6 Å². The molecule has 0 radical (unpaired) electrons. The molecule has 68 valence electrons. The molecule has 0 aromatic rings. The first kappa shape index (κ1) is 11.0. The number of ether oxygens (including phenoxy) is 1. The molecule has 12 heavy (non-hydrogen) atoms. The van der Waals surface area contributed by atoms with Gasteiger partial charge in [-0.15, -0.1) is 11.6 Å². The lowest BCUT2D eigenvalue weighted by Gasteiger charge is -2.09. The maximum absolute atomic E-state index is 10.8. The van der Waals surface area contributed by atoms with Gasteiger partial charge in [-0.05, 0) is 6.92 Å². The maximum Gasteiger partial charge on any atom is 0.346 e. The Bertz CT molecular complexity index is 211. The highest BCUT2D eigenvalue weighted by Gasteiger charge is 2.20. The van der Waals surface area contributed by atoms with Gasteiger partial charge in [-0.1, -0.05) is 6.58 Å². The Morgan fingerprint density at radius 3 is 2.42 bits per heavy atom. The van der Waals surface area contributed by atoms with E-state index in [1.807, 2.05) is 0 Å². The molecule has 0 rings (SSSR count). The Morgan fingerprint density at radius 1 is 1.67 bits per heavy atom. The number of esters is 1. The number of hydrogen-bond acceptors (Lipinski definition) is 3. The molecule has 0 heterocycles. The second-order valence-electron chi connectivity index (χ2n) is 2.17. The third-order valence-corrected chi connectivity index (χ3v) is 1.29. The van der Waals surface area contributed by atoms with Crippen LogP contribution < -0.4 is 0 Å². The largest absolute Gasteiger partial charge is 0.478 e. The van der Waals surface area contributed by atoms with Crippen LogP contribution in [0, 0.1) is 0 Å². The van der Waals surface area contributed by atoms with E-state index in [1.165, 1.54) is 6.92 Å². The van der Waals surface area contributed by atoms with Crippen LogP contribution in [0.1, 0.15) is 6.92 Å². The highest BCUT2D eigenvalue weighted by Crippen LogP contribution is 2.00. The lowest BCUT2D eigenvalue weighted by molar-refractivity contribution is -0.159. The second-order valence-corrected chi connectivity index (χ2v) is 2.48. The first-order valence-corrected chi connectivity index (χ1v) is 3.67. The van der Waals surface area contributed by atoms with Gasteiger partial charge >= 0.3 is 11.9 Å². The molecule has 0 bridgehead atoms. The predicted octanol–water partition coefficient (Wildman–Crippen LogP) is 0.798. The number of carbonyl (C=O) groups excluding carboxylic acids is 1. The van der Waals surface area contributed by atoms with E-state index < -0.39 is 18.0 Å². The molecule has 1 N–H and O–H groups in total. The standard InChI is InChI=1S/C7H9ClO4/c1-4(2)7(11)12-5(3-8)6(9)10/h5H,1,3H2,2H3,(H,9,10). The number of carboxylic acid groups (broad SMARTS) is 1. The number of carbonyl (C=O) groups is 2. The molecular formula is C7H9ClO4. The van der Waals surface area contributed by atoms with Crippen molar-refractivity contribution in [3.63, 3.8) is 0 Å². The molecule has 0 spiro atoms. The second kappa shape index (κ2) is 4.77. The van der Waals surface area contributed by atoms with E-state index in [0.29, 0.717) is 0 Å². The SMILES string of the molecule is C=C(C)C(=O)OC(CCl)C(=O)O. The van der Waals surface area contributed by atoms with E-state index in [9.17, 15) is 9.59 Å². The molecule has 5 heteroatoms. The number of alkyl halides is 1. The lowest BCUT2D eigenvalue weighted by atomic mass is 10.3. The van der Waals surface area contributed by atoms with Gasteiger partial charge in [-0.3, -0.25) is 0 Å². The molecular weight excluding hydrogens is 184 g/mol. The van der Waals surface area contributed by atoms with Gasteiger partial charge in [0.1, 0.15) is 0 Å². The summed E-state index contributed by atoms with van der Waals surface area (Å²) in [6, 6.07) is 0. The first-order chi connectivity index (χ1) is 5.49. The van der Waals surface area contributed by atoms with Crippen molar-refractivity contribution in [2.24, 2.45) is 0 Å². The Kier molecular flexibility index (Phi) is 4.36. The first-order valence-electron chi connectivity index (χ1n) is 3.14. The van der Waals surface area contributed by atoms with E-state index in [1.54, 1.807) is 0 Å². The number of rotatable bonds is 4. The van der Waals surface area contributed by atoms with Crippen molar-refractivity contribution in [1.29, 1.82) is 0 Å². The van der Waals surface area contributed by atoms with Crippen LogP contribution in [-0.4, -0.2) is 29.0 Å². The van der Waals surface area contributed by atoms with Gasteiger partial charge in [0.2, 0.25) is 6.10 Å². The summed E-state index contributed by atoms with van der Waals surface area (Å²) in [4.78, 5) is 21.1. The third-order valence-electron chi connectivity index (χ3n) is 1.01. The number of carboxylic acids is 1. The normalized spacial score (nSPS) is 11.8. The van der Waals surface area contributed by atoms with Gasteiger partial charge in [0.15, 0.2) is 0 Å². The molecule has 0 saturated heterocycles. The maximum atomic E-state index is 10.8. The molecule has 0 aliphatic rings. The molecule has 0 saturated carbocycles. The van der Waals surface area contributed by atoms with Crippen LogP contribution in [0.15, 0.2) is 12.2 Å². The minimum atomic E-state index is -1.30. The zero-order chi connectivity index (χ0) is 9.72. The number of aliphatic carboxylic acids is 1. The summed E-state index contributed by atoms with van der Waals surface area (Å²) in [5.41, 5.74) is 0.145. The van der Waals surface area contributed by atoms with Crippen molar-refractivity contribution in [3.8, 4) is 0 Å². The molecule has 0 fully saturated rings. The van der Waals surface area contributed by atoms with Crippen molar-refractivity contribution in [3.05, 3.63) is 12.2 Å². The summed E-state index contributed by atoms with van der Waals surface area (Å²) in [7, 11) is 0. The van der Waals surface area contributed by atoms with Gasteiger partial charge in [0.05, 0.1) is 5.88 Å². The minimum Gasteiger partial charge on any atom is -0.478 e. The fourth-order valence-corrected chi connectivity index (χ4v) is 0.573. The molecule has 4 nitrogen and oxygen atoms in total. The number of halogens is 1. The van der Waals surface area contributed by atoms with E-state index in [4.69, 9.17) is 16.7 Å². The average molecular weight is 193 g/mol. The number of hydrogen-bond donors (Lipinski definition) is 1.